The van der Waals surface area contributed by atoms with Gasteiger partial charge in [0, 0.05) is 31.5 Å². The van der Waals surface area contributed by atoms with Crippen LogP contribution in [-0.2, 0) is 28.9 Å². The number of likely N-dealkylation sites (N-methyl/N-ethyl adjacent to an activating group) is 1. The van der Waals surface area contributed by atoms with E-state index in [-0.39, 0.29) is 18.2 Å². The molecule has 1 aliphatic carbocycles. The summed E-state index contributed by atoms with van der Waals surface area (Å²) in [7, 11) is 2.19. The van der Waals surface area contributed by atoms with Crippen molar-refractivity contribution in [3.8, 4) is 0 Å². The van der Waals surface area contributed by atoms with Crippen LogP contribution in [0.5, 0.6) is 0 Å². The Morgan fingerprint density at radius 3 is 2.81 bits per heavy atom. The van der Waals surface area contributed by atoms with E-state index in [0.717, 1.165) is 45.4 Å². The summed E-state index contributed by atoms with van der Waals surface area (Å²) >= 11 is 0. The van der Waals surface area contributed by atoms with Gasteiger partial charge in [-0.3, -0.25) is 14.8 Å². The van der Waals surface area contributed by atoms with Crippen LogP contribution in [0.2, 0.25) is 0 Å². The molecule has 4 aliphatic rings. The highest BCUT2D eigenvalue weighted by molar-refractivity contribution is 5.70. The van der Waals surface area contributed by atoms with E-state index in [1.807, 2.05) is 37.9 Å². The smallest absolute Gasteiger partial charge is 0.410 e. The zero-order valence-corrected chi connectivity index (χ0v) is 22.7. The number of aromatic nitrogens is 1. The molecule has 0 unspecified atom stereocenters. The predicted octanol–water partition coefficient (Wildman–Crippen LogP) is 4.73. The number of morpholine rings is 1. The molecule has 4 heterocycles. The number of hydrogen-bond acceptors (Lipinski definition) is 6. The van der Waals surface area contributed by atoms with Gasteiger partial charge in [-0.15, -0.1) is 0 Å². The zero-order chi connectivity index (χ0) is 25.7. The maximum absolute atomic E-state index is 13.5. The van der Waals surface area contributed by atoms with E-state index in [4.69, 9.17) is 14.5 Å². The van der Waals surface area contributed by atoms with Crippen LogP contribution in [0.4, 0.5) is 10.5 Å². The second-order valence-electron chi connectivity index (χ2n) is 12.3. The summed E-state index contributed by atoms with van der Waals surface area (Å²) in [4.78, 5) is 25.2. The van der Waals surface area contributed by atoms with Gasteiger partial charge in [-0.2, -0.15) is 0 Å². The average Bonchev–Trinajstić information content (AvgIpc) is 3.50. The van der Waals surface area contributed by atoms with Gasteiger partial charge in [0.2, 0.25) is 0 Å². The summed E-state index contributed by atoms with van der Waals surface area (Å²) < 4.78 is 11.8. The molecule has 3 aliphatic heterocycles. The first kappa shape index (κ1) is 24.7. The number of hydrogen-bond donors (Lipinski definition) is 0. The molecule has 7 heteroatoms. The van der Waals surface area contributed by atoms with E-state index in [9.17, 15) is 4.79 Å². The topological polar surface area (TPSA) is 58.1 Å². The molecule has 7 nitrogen and oxygen atoms in total. The second-order valence-corrected chi connectivity index (χ2v) is 12.3. The van der Waals surface area contributed by atoms with Crippen molar-refractivity contribution in [3.63, 3.8) is 0 Å². The van der Waals surface area contributed by atoms with E-state index < -0.39 is 5.60 Å². The second kappa shape index (κ2) is 9.59. The monoisotopic (exact) mass is 504 g/mol. The van der Waals surface area contributed by atoms with Crippen LogP contribution >= 0.6 is 0 Å². The van der Waals surface area contributed by atoms with Gasteiger partial charge in [0.25, 0.3) is 0 Å². The van der Waals surface area contributed by atoms with Gasteiger partial charge in [0.05, 0.1) is 36.5 Å². The van der Waals surface area contributed by atoms with Crippen molar-refractivity contribution in [1.29, 1.82) is 0 Å². The molecule has 37 heavy (non-hydrogen) atoms. The Bertz CT molecular complexity index is 1160. The van der Waals surface area contributed by atoms with Gasteiger partial charge >= 0.3 is 6.09 Å². The number of carbonyl (C=O) groups is 1. The van der Waals surface area contributed by atoms with Crippen LogP contribution in [0, 0.1) is 0 Å². The fourth-order valence-electron chi connectivity index (χ4n) is 6.80. The molecule has 2 aromatic rings. The maximum Gasteiger partial charge on any atom is 0.410 e. The molecule has 6 rings (SSSR count). The molecule has 0 saturated carbocycles. The molecule has 2 bridgehead atoms. The number of fused-ring (bicyclic) bond motifs is 4. The van der Waals surface area contributed by atoms with Crippen LogP contribution < -0.4 is 4.90 Å². The fourth-order valence-corrected chi connectivity index (χ4v) is 6.80. The van der Waals surface area contributed by atoms with Crippen LogP contribution in [0.3, 0.4) is 0 Å². The summed E-state index contributed by atoms with van der Waals surface area (Å²) in [6.45, 7) is 8.97. The van der Waals surface area contributed by atoms with Gasteiger partial charge in [0.15, 0.2) is 0 Å². The van der Waals surface area contributed by atoms with E-state index in [1.54, 1.807) is 0 Å². The standard InChI is InChI=1S/C30H40N4O3/c1-30(2,3)37-29(35)34-16-21-9-6-11-26(33-18-24-14-23(33)19-36-24)25(21)15-22(34)17-32(4)27-12-5-8-20-10-7-13-31-28(20)27/h6-7,9-11,13,22-24,27H,5,8,12,14-19H2,1-4H3/t22-,23-,24-,27+/m1/s1. The zero-order valence-electron chi connectivity index (χ0n) is 22.7. The number of amides is 1. The number of rotatable bonds is 4. The Morgan fingerprint density at radius 1 is 1.22 bits per heavy atom. The quantitative estimate of drug-likeness (QED) is 0.600. The van der Waals surface area contributed by atoms with Crippen LogP contribution in [0.1, 0.15) is 68.5 Å². The molecular formula is C30H40N4O3. The van der Waals surface area contributed by atoms with E-state index in [2.05, 4.69) is 41.1 Å². The molecule has 0 radical (unpaired) electrons. The van der Waals surface area contributed by atoms with Gasteiger partial charge in [-0.25, -0.2) is 4.79 Å². The molecule has 1 amide bonds. The minimum atomic E-state index is -0.531. The molecule has 0 N–H and O–H groups in total. The lowest BCUT2D eigenvalue weighted by molar-refractivity contribution is 0.00645. The Balaban J connectivity index is 1.30. The summed E-state index contributed by atoms with van der Waals surface area (Å²) in [5, 5.41) is 0. The highest BCUT2D eigenvalue weighted by Crippen LogP contribution is 2.39. The normalized spacial score (nSPS) is 26.8. The molecule has 4 atom stereocenters. The third-order valence-electron chi connectivity index (χ3n) is 8.50. The number of carbonyl (C=O) groups excluding carboxylic acids is 1. The Kier molecular flexibility index (Phi) is 6.40. The minimum absolute atomic E-state index is 0.0265. The van der Waals surface area contributed by atoms with Crippen molar-refractivity contribution in [2.45, 2.75) is 89.3 Å². The summed E-state index contributed by atoms with van der Waals surface area (Å²) in [6.07, 6.45) is 7.34. The van der Waals surface area contributed by atoms with Crippen LogP contribution in [0.15, 0.2) is 36.5 Å². The van der Waals surface area contributed by atoms with E-state index >= 15 is 0 Å². The lowest BCUT2D eigenvalue weighted by Crippen LogP contribution is -2.52. The summed E-state index contributed by atoms with van der Waals surface area (Å²) in [5.41, 5.74) is 5.97. The first-order valence-corrected chi connectivity index (χ1v) is 13.9. The molecule has 198 valence electrons. The first-order valence-electron chi connectivity index (χ1n) is 13.9. The van der Waals surface area contributed by atoms with Crippen molar-refractivity contribution in [3.05, 3.63) is 58.9 Å². The molecular weight excluding hydrogens is 464 g/mol. The largest absolute Gasteiger partial charge is 0.444 e. The molecule has 2 saturated heterocycles. The number of benzene rings is 1. The molecule has 2 fully saturated rings. The average molecular weight is 505 g/mol. The number of pyridine rings is 1. The van der Waals surface area contributed by atoms with E-state index in [1.165, 1.54) is 34.5 Å². The van der Waals surface area contributed by atoms with Gasteiger partial charge < -0.3 is 14.4 Å². The number of aryl methyl sites for hydroxylation is 1. The Morgan fingerprint density at radius 2 is 2.05 bits per heavy atom. The minimum Gasteiger partial charge on any atom is -0.444 e. The predicted molar refractivity (Wildman–Crippen MR) is 144 cm³/mol. The molecule has 1 aromatic carbocycles. The number of ether oxygens (including phenoxy) is 2. The Hall–Kier alpha value is -2.64. The lowest BCUT2D eigenvalue weighted by Gasteiger charge is -2.43. The Labute approximate surface area is 220 Å². The van der Waals surface area contributed by atoms with E-state index in [0.29, 0.717) is 18.7 Å². The van der Waals surface area contributed by atoms with Gasteiger partial charge in [-0.1, -0.05) is 18.2 Å². The van der Waals surface area contributed by atoms with Gasteiger partial charge in [0.1, 0.15) is 5.60 Å². The van der Waals surface area contributed by atoms with Crippen LogP contribution in [-0.4, -0.2) is 71.4 Å². The fraction of sp³-hybridized carbons (Fsp3) is 0.600. The summed E-state index contributed by atoms with van der Waals surface area (Å²) in [6, 6.07) is 11.6. The van der Waals surface area contributed by atoms with Crippen molar-refractivity contribution in [2.24, 2.45) is 0 Å². The molecule has 1 aromatic heterocycles. The highest BCUT2D eigenvalue weighted by Gasteiger charge is 2.42. The SMILES string of the molecule is CN(C[C@H]1Cc2c(cccc2N2C[C@H]3C[C@@H]2CO3)CN1C(=O)OC(C)(C)C)[C@H]1CCCc2cccnc21. The third-order valence-corrected chi connectivity index (χ3v) is 8.50. The van der Waals surface area contributed by atoms with Crippen LogP contribution in [0.25, 0.3) is 0 Å². The molecule has 0 spiro atoms. The van der Waals surface area contributed by atoms with Crippen molar-refractivity contribution >= 4 is 11.8 Å². The number of anilines is 1. The van der Waals surface area contributed by atoms with Crippen molar-refractivity contribution < 1.29 is 14.3 Å². The third kappa shape index (κ3) is 4.84. The summed E-state index contributed by atoms with van der Waals surface area (Å²) in [5.74, 6) is 0. The van der Waals surface area contributed by atoms with Crippen molar-refractivity contribution in [1.82, 2.24) is 14.8 Å². The maximum atomic E-state index is 13.5. The highest BCUT2D eigenvalue weighted by atomic mass is 16.6. The number of nitrogens with zero attached hydrogens (tertiary/aromatic N) is 4. The van der Waals surface area contributed by atoms with Gasteiger partial charge in [-0.05, 0) is 88.7 Å². The van der Waals surface area contributed by atoms with Crippen molar-refractivity contribution in [2.75, 3.05) is 31.6 Å². The first-order chi connectivity index (χ1) is 17.8. The lowest BCUT2D eigenvalue weighted by atomic mass is 9.89.